The highest BCUT2D eigenvalue weighted by Crippen LogP contribution is 2.42. The van der Waals surface area contributed by atoms with Crippen LogP contribution in [0.2, 0.25) is 0 Å². The van der Waals surface area contributed by atoms with Crippen molar-refractivity contribution in [1.82, 2.24) is 9.78 Å². The monoisotopic (exact) mass is 483 g/mol. The Morgan fingerprint density at radius 2 is 1.74 bits per heavy atom. The minimum atomic E-state index is -4.22. The number of aliphatic carboxylic acids is 1. The first kappa shape index (κ1) is 23.5. The van der Waals surface area contributed by atoms with Gasteiger partial charge in [0.25, 0.3) is 10.0 Å². The van der Waals surface area contributed by atoms with Crippen molar-refractivity contribution < 1.29 is 28.2 Å². The molecule has 0 saturated heterocycles. The van der Waals surface area contributed by atoms with Crippen LogP contribution in [-0.2, 0) is 14.8 Å². The molecule has 1 saturated carbocycles. The van der Waals surface area contributed by atoms with Gasteiger partial charge in [0.1, 0.15) is 12.1 Å². The maximum absolute atomic E-state index is 13.7. The Hall–Kier alpha value is -3.66. The summed E-state index contributed by atoms with van der Waals surface area (Å²) < 4.78 is 29.8. The van der Waals surface area contributed by atoms with Gasteiger partial charge in [-0.05, 0) is 62.9 Å². The summed E-state index contributed by atoms with van der Waals surface area (Å²) >= 11 is 0. The molecule has 0 unspecified atom stereocenters. The van der Waals surface area contributed by atoms with E-state index in [0.29, 0.717) is 22.5 Å². The van der Waals surface area contributed by atoms with Crippen LogP contribution in [0.1, 0.15) is 51.5 Å². The third-order valence-electron chi connectivity index (χ3n) is 5.79. The Labute approximate surface area is 197 Å². The molecule has 3 aromatic rings. The molecule has 0 bridgehead atoms. The Bertz CT molecular complexity index is 1380. The zero-order chi connectivity index (χ0) is 24.8. The number of anilines is 1. The highest BCUT2D eigenvalue weighted by molar-refractivity contribution is 7.93. The standard InChI is InChI=1S/C24H25N3O6S/c1-14-9-15(2)23(16(3)10-14)34(32,33)26(13-21(28)29)18-5-4-6-19(11-18)27-22(17-7-8-17)20(12-25-27)24(30)31/h4-6,9-12,17H,7-8,13H2,1-3H3,(H,28,29)(H,30,31). The molecule has 2 N–H and O–H groups in total. The quantitative estimate of drug-likeness (QED) is 0.500. The Balaban J connectivity index is 1.85. The first-order valence-electron chi connectivity index (χ1n) is 10.7. The summed E-state index contributed by atoms with van der Waals surface area (Å²) in [7, 11) is -4.22. The van der Waals surface area contributed by atoms with Gasteiger partial charge in [-0.25, -0.2) is 17.9 Å². The molecular weight excluding hydrogens is 458 g/mol. The number of aryl methyl sites for hydroxylation is 3. The zero-order valence-corrected chi connectivity index (χ0v) is 19.8. The minimum absolute atomic E-state index is 0.0639. The van der Waals surface area contributed by atoms with Crippen LogP contribution in [0, 0.1) is 20.8 Å². The smallest absolute Gasteiger partial charge is 0.339 e. The van der Waals surface area contributed by atoms with Gasteiger partial charge in [-0.2, -0.15) is 5.10 Å². The summed E-state index contributed by atoms with van der Waals surface area (Å²) in [6.07, 6.45) is 2.97. The van der Waals surface area contributed by atoms with Crippen molar-refractivity contribution in [2.24, 2.45) is 0 Å². The van der Waals surface area contributed by atoms with E-state index in [4.69, 9.17) is 0 Å². The third kappa shape index (κ3) is 4.28. The maximum Gasteiger partial charge on any atom is 0.339 e. The number of sulfonamides is 1. The van der Waals surface area contributed by atoms with Crippen molar-refractivity contribution in [3.8, 4) is 5.69 Å². The summed E-state index contributed by atoms with van der Waals surface area (Å²) in [5, 5.41) is 23.3. The summed E-state index contributed by atoms with van der Waals surface area (Å²) in [5.74, 6) is -2.32. The van der Waals surface area contributed by atoms with Crippen LogP contribution in [-0.4, -0.2) is 46.9 Å². The number of carboxylic acids is 2. The molecule has 4 rings (SSSR count). The highest BCUT2D eigenvalue weighted by Gasteiger charge is 2.34. The number of aromatic nitrogens is 2. The molecule has 0 radical (unpaired) electrons. The van der Waals surface area contributed by atoms with E-state index in [2.05, 4.69) is 5.10 Å². The number of hydrogen-bond acceptors (Lipinski definition) is 5. The predicted octanol–water partition coefficient (Wildman–Crippen LogP) is 3.65. The van der Waals surface area contributed by atoms with E-state index in [0.717, 1.165) is 22.7 Å². The van der Waals surface area contributed by atoms with Gasteiger partial charge in [0.2, 0.25) is 0 Å². The topological polar surface area (TPSA) is 130 Å². The molecule has 34 heavy (non-hydrogen) atoms. The molecule has 1 aliphatic carbocycles. The van der Waals surface area contributed by atoms with Gasteiger partial charge in [0.15, 0.2) is 0 Å². The van der Waals surface area contributed by atoms with E-state index < -0.39 is 28.5 Å². The van der Waals surface area contributed by atoms with Crippen LogP contribution in [0.3, 0.4) is 0 Å². The van der Waals surface area contributed by atoms with Crippen LogP contribution in [0.5, 0.6) is 0 Å². The SMILES string of the molecule is Cc1cc(C)c(S(=O)(=O)N(CC(=O)O)c2cccc(-n3ncc(C(=O)O)c3C3CC3)c2)c(C)c1. The molecule has 1 aliphatic rings. The Morgan fingerprint density at radius 1 is 1.09 bits per heavy atom. The largest absolute Gasteiger partial charge is 0.480 e. The van der Waals surface area contributed by atoms with Crippen molar-refractivity contribution >= 4 is 27.6 Å². The molecular formula is C24H25N3O6S. The van der Waals surface area contributed by atoms with Gasteiger partial charge in [-0.3, -0.25) is 9.10 Å². The average Bonchev–Trinajstić information content (AvgIpc) is 3.48. The molecule has 0 spiro atoms. The lowest BCUT2D eigenvalue weighted by Crippen LogP contribution is -2.36. The molecule has 0 atom stereocenters. The highest BCUT2D eigenvalue weighted by atomic mass is 32.2. The van der Waals surface area contributed by atoms with Crippen molar-refractivity contribution in [1.29, 1.82) is 0 Å². The van der Waals surface area contributed by atoms with Crippen molar-refractivity contribution in [3.63, 3.8) is 0 Å². The van der Waals surface area contributed by atoms with Crippen LogP contribution in [0.15, 0.2) is 47.5 Å². The second kappa shape index (κ2) is 8.60. The van der Waals surface area contributed by atoms with E-state index >= 15 is 0 Å². The fourth-order valence-electron chi connectivity index (χ4n) is 4.38. The molecule has 2 aromatic carbocycles. The number of carbonyl (C=O) groups is 2. The first-order chi connectivity index (χ1) is 16.0. The van der Waals surface area contributed by atoms with Gasteiger partial charge in [-0.1, -0.05) is 23.8 Å². The molecule has 1 fully saturated rings. The lowest BCUT2D eigenvalue weighted by atomic mass is 10.1. The summed E-state index contributed by atoms with van der Waals surface area (Å²) in [4.78, 5) is 23.4. The first-order valence-corrected chi connectivity index (χ1v) is 12.2. The molecule has 178 valence electrons. The van der Waals surface area contributed by atoms with E-state index in [9.17, 15) is 28.2 Å². The second-order valence-electron chi connectivity index (χ2n) is 8.59. The summed E-state index contributed by atoms with van der Waals surface area (Å²) in [5.41, 5.74) is 3.22. The third-order valence-corrected chi connectivity index (χ3v) is 7.87. The molecule has 9 nitrogen and oxygen atoms in total. The number of carboxylic acid groups (broad SMARTS) is 2. The summed E-state index contributed by atoms with van der Waals surface area (Å²) in [6.45, 7) is 4.46. The Kier molecular flexibility index (Phi) is 5.94. The fraction of sp³-hybridized carbons (Fsp3) is 0.292. The van der Waals surface area contributed by atoms with Crippen molar-refractivity contribution in [2.45, 2.75) is 44.4 Å². The van der Waals surface area contributed by atoms with Gasteiger partial charge in [0, 0.05) is 5.92 Å². The number of benzene rings is 2. The van der Waals surface area contributed by atoms with E-state index in [1.807, 2.05) is 6.92 Å². The Morgan fingerprint density at radius 3 is 2.29 bits per heavy atom. The molecule has 1 aromatic heterocycles. The van der Waals surface area contributed by atoms with Crippen LogP contribution in [0.25, 0.3) is 5.69 Å². The van der Waals surface area contributed by atoms with Gasteiger partial charge >= 0.3 is 11.9 Å². The van der Waals surface area contributed by atoms with Gasteiger partial charge < -0.3 is 10.2 Å². The van der Waals surface area contributed by atoms with E-state index in [1.54, 1.807) is 38.1 Å². The number of aromatic carboxylic acids is 1. The maximum atomic E-state index is 13.7. The van der Waals surface area contributed by atoms with Crippen LogP contribution >= 0.6 is 0 Å². The fourth-order valence-corrected chi connectivity index (χ4v) is 6.20. The number of nitrogens with zero attached hydrogens (tertiary/aromatic N) is 3. The zero-order valence-electron chi connectivity index (χ0n) is 19.0. The second-order valence-corrected chi connectivity index (χ2v) is 10.4. The van der Waals surface area contributed by atoms with Crippen molar-refractivity contribution in [3.05, 3.63) is 70.5 Å². The average molecular weight is 484 g/mol. The molecule has 10 heteroatoms. The lowest BCUT2D eigenvalue weighted by molar-refractivity contribution is -0.135. The predicted molar refractivity (Wildman–Crippen MR) is 125 cm³/mol. The molecule has 1 heterocycles. The lowest BCUT2D eigenvalue weighted by Gasteiger charge is -2.25. The van der Waals surface area contributed by atoms with E-state index in [1.165, 1.54) is 23.0 Å². The van der Waals surface area contributed by atoms with Gasteiger partial charge in [0.05, 0.1) is 28.2 Å². The van der Waals surface area contributed by atoms with Crippen LogP contribution in [0.4, 0.5) is 5.69 Å². The molecule has 0 aliphatic heterocycles. The molecule has 0 amide bonds. The normalized spacial score (nSPS) is 13.6. The summed E-state index contributed by atoms with van der Waals surface area (Å²) in [6, 6.07) is 9.80. The van der Waals surface area contributed by atoms with Gasteiger partial charge in [-0.15, -0.1) is 0 Å². The minimum Gasteiger partial charge on any atom is -0.480 e. The number of rotatable bonds is 8. The number of hydrogen-bond donors (Lipinski definition) is 2. The van der Waals surface area contributed by atoms with Crippen LogP contribution < -0.4 is 4.31 Å². The van der Waals surface area contributed by atoms with E-state index in [-0.39, 0.29) is 22.1 Å². The van der Waals surface area contributed by atoms with Crippen molar-refractivity contribution in [2.75, 3.05) is 10.8 Å².